The van der Waals surface area contributed by atoms with Crippen molar-refractivity contribution in [2.45, 2.75) is 63.6 Å². The van der Waals surface area contributed by atoms with Crippen LogP contribution in [-0.2, 0) is 11.3 Å². The summed E-state index contributed by atoms with van der Waals surface area (Å²) in [4.78, 5) is 20.4. The summed E-state index contributed by atoms with van der Waals surface area (Å²) in [6.45, 7) is 2.96. The fourth-order valence-electron chi connectivity index (χ4n) is 5.09. The van der Waals surface area contributed by atoms with E-state index in [2.05, 4.69) is 41.4 Å². The van der Waals surface area contributed by atoms with Crippen LogP contribution in [0.1, 0.15) is 49.8 Å². The highest BCUT2D eigenvalue weighted by Gasteiger charge is 2.36. The second-order valence-electron chi connectivity index (χ2n) is 10.0. The number of para-hydroxylation sites is 1. The Morgan fingerprint density at radius 2 is 1.93 bits per heavy atom. The zero-order chi connectivity index (χ0) is 27.9. The number of piperidine rings is 1. The van der Waals surface area contributed by atoms with Crippen LogP contribution in [0.2, 0.25) is 0 Å². The Hall–Kier alpha value is -4.13. The van der Waals surface area contributed by atoms with Crippen molar-refractivity contribution in [2.24, 2.45) is 0 Å². The first-order valence-corrected chi connectivity index (χ1v) is 13.0. The van der Waals surface area contributed by atoms with E-state index in [0.717, 1.165) is 31.5 Å². The van der Waals surface area contributed by atoms with Crippen LogP contribution < -0.4 is 15.4 Å². The number of alkyl halides is 3. The molecule has 1 saturated carbocycles. The van der Waals surface area contributed by atoms with Crippen LogP contribution in [0.15, 0.2) is 56.4 Å². The average molecular weight is 558 g/mol. The molecule has 0 unspecified atom stereocenters. The van der Waals surface area contributed by atoms with Gasteiger partial charge in [-0.15, -0.1) is 13.2 Å². The maximum absolute atomic E-state index is 13.0. The van der Waals surface area contributed by atoms with Gasteiger partial charge in [0.1, 0.15) is 23.0 Å². The molecule has 2 atom stereocenters. The molecule has 13 heteroatoms. The smallest absolute Gasteiger partial charge is 0.405 e. The van der Waals surface area contributed by atoms with E-state index in [1.165, 1.54) is 18.2 Å². The molecule has 0 spiro atoms. The molecular weight excluding hydrogens is 531 g/mol. The summed E-state index contributed by atoms with van der Waals surface area (Å²) >= 11 is 0. The third-order valence-corrected chi connectivity index (χ3v) is 7.18. The van der Waals surface area contributed by atoms with Gasteiger partial charge in [0.15, 0.2) is 5.82 Å². The van der Waals surface area contributed by atoms with E-state index in [4.69, 9.17) is 9.26 Å². The molecule has 6 rings (SSSR count). The quantitative estimate of drug-likeness (QED) is 0.302. The number of H-pyrrole nitrogens is 1. The van der Waals surface area contributed by atoms with Gasteiger partial charge in [-0.05, 0) is 56.9 Å². The number of rotatable bonds is 8. The van der Waals surface area contributed by atoms with Gasteiger partial charge in [-0.3, -0.25) is 9.51 Å². The van der Waals surface area contributed by atoms with Gasteiger partial charge in [0.05, 0.1) is 12.7 Å². The molecule has 1 aliphatic carbocycles. The Morgan fingerprint density at radius 1 is 1.10 bits per heavy atom. The topological polar surface area (TPSA) is 120 Å². The Bertz CT molecular complexity index is 1530. The number of halogens is 3. The summed E-state index contributed by atoms with van der Waals surface area (Å²) in [5.74, 6) is 1.01. The van der Waals surface area contributed by atoms with Gasteiger partial charge in [-0.2, -0.15) is 0 Å². The standard InChI is InChI=1S/C27H26F3N5O5/c1-15-12-18(10-11-35(15)22-9-8-17(13-31-22)25-32-26(36)40-34-25)37-14-20-23(33-39-24(20)16-6-7-16)19-4-2-3-5-21(19)38-27(28,29)30/h2-5,8-9,13,15-16,18H,6-7,10-12,14H2,1H3,(H,32,34,36)/t15-,18-/m1/s1. The fraction of sp³-hybridized carbons (Fsp3) is 0.407. The lowest BCUT2D eigenvalue weighted by molar-refractivity contribution is -0.274. The van der Waals surface area contributed by atoms with E-state index in [1.807, 2.05) is 12.1 Å². The third kappa shape index (κ3) is 5.60. The zero-order valence-electron chi connectivity index (χ0n) is 21.5. The molecule has 10 nitrogen and oxygen atoms in total. The number of hydrogen-bond acceptors (Lipinski definition) is 9. The van der Waals surface area contributed by atoms with E-state index in [0.29, 0.717) is 35.0 Å². The number of hydrogen-bond donors (Lipinski definition) is 1. The Labute approximate surface area is 226 Å². The van der Waals surface area contributed by atoms with Gasteiger partial charge < -0.3 is 18.9 Å². The Morgan fingerprint density at radius 3 is 2.60 bits per heavy atom. The number of nitrogens with zero attached hydrogens (tertiary/aromatic N) is 4. The van der Waals surface area contributed by atoms with Crippen LogP contribution in [0, 0.1) is 0 Å². The maximum Gasteiger partial charge on any atom is 0.573 e. The number of aromatic nitrogens is 4. The van der Waals surface area contributed by atoms with Crippen molar-refractivity contribution in [1.82, 2.24) is 20.3 Å². The van der Waals surface area contributed by atoms with Crippen molar-refractivity contribution in [3.63, 3.8) is 0 Å². The summed E-state index contributed by atoms with van der Waals surface area (Å²) in [5.41, 5.74) is 1.82. The number of ether oxygens (including phenoxy) is 2. The van der Waals surface area contributed by atoms with Crippen LogP contribution in [-0.4, -0.2) is 45.3 Å². The monoisotopic (exact) mass is 557 g/mol. The molecule has 0 radical (unpaired) electrons. The SMILES string of the molecule is C[C@@H]1C[C@H](OCc2c(-c3ccccc3OC(F)(F)F)noc2C2CC2)CCN1c1ccc(-c2noc(=O)[nH]2)cn1. The van der Waals surface area contributed by atoms with Crippen molar-refractivity contribution in [3.05, 3.63) is 64.5 Å². The summed E-state index contributed by atoms with van der Waals surface area (Å²) in [6, 6.07) is 9.73. The summed E-state index contributed by atoms with van der Waals surface area (Å²) in [6.07, 6.45) is 0.0785. The molecule has 1 aromatic carbocycles. The summed E-state index contributed by atoms with van der Waals surface area (Å²) < 4.78 is 59.9. The molecule has 40 heavy (non-hydrogen) atoms. The van der Waals surface area contributed by atoms with Crippen LogP contribution in [0.25, 0.3) is 22.6 Å². The number of anilines is 1. The predicted octanol–water partition coefficient (Wildman–Crippen LogP) is 5.43. The first-order valence-electron chi connectivity index (χ1n) is 13.0. The van der Waals surface area contributed by atoms with E-state index < -0.39 is 12.1 Å². The highest BCUT2D eigenvalue weighted by atomic mass is 19.4. The van der Waals surface area contributed by atoms with Gasteiger partial charge in [0, 0.05) is 41.4 Å². The highest BCUT2D eigenvalue weighted by Crippen LogP contribution is 2.46. The van der Waals surface area contributed by atoms with E-state index >= 15 is 0 Å². The molecule has 1 saturated heterocycles. The number of nitrogens with one attached hydrogen (secondary N) is 1. The number of aromatic amines is 1. The lowest BCUT2D eigenvalue weighted by atomic mass is 10.00. The predicted molar refractivity (Wildman–Crippen MR) is 136 cm³/mol. The number of benzene rings is 1. The second kappa shape index (κ2) is 10.5. The summed E-state index contributed by atoms with van der Waals surface area (Å²) in [7, 11) is 0. The molecule has 210 valence electrons. The van der Waals surface area contributed by atoms with Crippen molar-refractivity contribution in [1.29, 1.82) is 0 Å². The third-order valence-electron chi connectivity index (χ3n) is 7.18. The zero-order valence-corrected chi connectivity index (χ0v) is 21.5. The molecule has 2 aliphatic rings. The maximum atomic E-state index is 13.0. The van der Waals surface area contributed by atoms with Crippen LogP contribution in [0.3, 0.4) is 0 Å². The van der Waals surface area contributed by atoms with E-state index in [1.54, 1.807) is 12.3 Å². The molecule has 4 aromatic rings. The lowest BCUT2D eigenvalue weighted by Crippen LogP contribution is -2.43. The molecule has 2 fully saturated rings. The van der Waals surface area contributed by atoms with E-state index in [9.17, 15) is 18.0 Å². The molecule has 3 aromatic heterocycles. The van der Waals surface area contributed by atoms with Crippen molar-refractivity contribution >= 4 is 5.82 Å². The van der Waals surface area contributed by atoms with Crippen molar-refractivity contribution in [3.8, 4) is 28.4 Å². The highest BCUT2D eigenvalue weighted by molar-refractivity contribution is 5.70. The Balaban J connectivity index is 1.14. The van der Waals surface area contributed by atoms with Gasteiger partial charge in [-0.25, -0.2) is 9.78 Å². The normalized spacial score (nSPS) is 19.6. The Kier molecular flexibility index (Phi) is 6.82. The van der Waals surface area contributed by atoms with Crippen LogP contribution >= 0.6 is 0 Å². The molecule has 4 heterocycles. The van der Waals surface area contributed by atoms with Crippen molar-refractivity contribution in [2.75, 3.05) is 11.4 Å². The summed E-state index contributed by atoms with van der Waals surface area (Å²) in [5, 5.41) is 7.83. The first-order chi connectivity index (χ1) is 19.2. The molecule has 1 aliphatic heterocycles. The van der Waals surface area contributed by atoms with E-state index in [-0.39, 0.29) is 36.0 Å². The van der Waals surface area contributed by atoms with Gasteiger partial charge in [0.2, 0.25) is 0 Å². The van der Waals surface area contributed by atoms with Crippen LogP contribution in [0.5, 0.6) is 5.75 Å². The number of pyridine rings is 1. The van der Waals surface area contributed by atoms with Crippen molar-refractivity contribution < 1.29 is 31.7 Å². The fourth-order valence-corrected chi connectivity index (χ4v) is 5.09. The van der Waals surface area contributed by atoms with Gasteiger partial charge >= 0.3 is 12.1 Å². The minimum Gasteiger partial charge on any atom is -0.405 e. The minimum atomic E-state index is -4.83. The second-order valence-corrected chi connectivity index (χ2v) is 10.0. The molecule has 0 bridgehead atoms. The minimum absolute atomic E-state index is 0.0674. The van der Waals surface area contributed by atoms with Gasteiger partial charge in [0.25, 0.3) is 0 Å². The lowest BCUT2D eigenvalue weighted by Gasteiger charge is -2.38. The molecule has 0 amide bonds. The average Bonchev–Trinajstić information content (AvgIpc) is 3.54. The van der Waals surface area contributed by atoms with Gasteiger partial charge in [-0.1, -0.05) is 22.4 Å². The van der Waals surface area contributed by atoms with Crippen LogP contribution in [0.4, 0.5) is 19.0 Å². The first kappa shape index (κ1) is 26.1. The molecular formula is C27H26F3N5O5. The largest absolute Gasteiger partial charge is 0.573 e. The molecule has 1 N–H and O–H groups in total.